The van der Waals surface area contributed by atoms with Gasteiger partial charge in [-0.05, 0) is 41.8 Å². The number of H-pyrrole nitrogens is 1. The highest BCUT2D eigenvalue weighted by atomic mass is 35.5. The average Bonchev–Trinajstić information content (AvgIpc) is 3.21. The van der Waals surface area contributed by atoms with Gasteiger partial charge >= 0.3 is 0 Å². The molecule has 0 aliphatic rings. The number of nitrogens with one attached hydrogen (secondary N) is 2. The third kappa shape index (κ3) is 5.61. The Balaban J connectivity index is 2.00. The number of ether oxygens (including phenoxy) is 1. The van der Waals surface area contributed by atoms with E-state index in [0.717, 1.165) is 0 Å². The standard InChI is InChI=1S/C20H19Cl2F2N3O3S/c1-30-8-2-7-26-31(28,29)18-11-25-20(27-18)19(12-3-5-16(23)14(21)9-12)13-4-6-17(24)15(22)10-13/h3-6,9-11,19,26H,2,7-8H2,1H3,(H,25,27). The molecule has 3 rings (SSSR count). The van der Waals surface area contributed by atoms with E-state index in [1.165, 1.54) is 49.7 Å². The van der Waals surface area contributed by atoms with Crippen LogP contribution in [0.1, 0.15) is 29.3 Å². The van der Waals surface area contributed by atoms with E-state index >= 15 is 0 Å². The van der Waals surface area contributed by atoms with Gasteiger partial charge in [-0.1, -0.05) is 35.3 Å². The molecule has 11 heteroatoms. The first-order valence-corrected chi connectivity index (χ1v) is 11.4. The molecule has 0 saturated carbocycles. The quantitative estimate of drug-likeness (QED) is 0.433. The summed E-state index contributed by atoms with van der Waals surface area (Å²) in [6.07, 6.45) is 1.68. The van der Waals surface area contributed by atoms with Crippen molar-refractivity contribution in [2.45, 2.75) is 17.4 Å². The number of aromatic amines is 1. The zero-order valence-corrected chi connectivity index (χ0v) is 18.7. The molecule has 0 atom stereocenters. The first-order valence-electron chi connectivity index (χ1n) is 9.16. The van der Waals surface area contributed by atoms with Crippen LogP contribution in [0.3, 0.4) is 0 Å². The molecule has 1 aromatic heterocycles. The van der Waals surface area contributed by atoms with E-state index in [1.54, 1.807) is 0 Å². The van der Waals surface area contributed by atoms with Gasteiger partial charge in [-0.15, -0.1) is 0 Å². The Morgan fingerprint density at radius 1 is 1.10 bits per heavy atom. The molecule has 2 N–H and O–H groups in total. The molecule has 0 spiro atoms. The molecule has 3 aromatic rings. The molecule has 1 heterocycles. The predicted molar refractivity (Wildman–Crippen MR) is 114 cm³/mol. The van der Waals surface area contributed by atoms with Gasteiger partial charge in [-0.3, -0.25) is 0 Å². The number of rotatable bonds is 9. The summed E-state index contributed by atoms with van der Waals surface area (Å²) in [5.74, 6) is -1.68. The fourth-order valence-corrected chi connectivity index (χ4v) is 4.37. The fraction of sp³-hybridized carbons (Fsp3) is 0.250. The van der Waals surface area contributed by atoms with Crippen molar-refractivity contribution in [2.24, 2.45) is 0 Å². The van der Waals surface area contributed by atoms with Crippen molar-refractivity contribution in [1.82, 2.24) is 14.7 Å². The van der Waals surface area contributed by atoms with Crippen LogP contribution in [0.5, 0.6) is 0 Å². The van der Waals surface area contributed by atoms with Gasteiger partial charge in [0, 0.05) is 20.3 Å². The van der Waals surface area contributed by atoms with Crippen molar-refractivity contribution in [3.05, 3.63) is 81.2 Å². The van der Waals surface area contributed by atoms with Crippen LogP contribution in [0.4, 0.5) is 8.78 Å². The lowest BCUT2D eigenvalue weighted by Gasteiger charge is -2.17. The van der Waals surface area contributed by atoms with Crippen molar-refractivity contribution in [3.63, 3.8) is 0 Å². The maximum absolute atomic E-state index is 13.7. The summed E-state index contributed by atoms with van der Waals surface area (Å²) in [5, 5.41) is -0.379. The minimum atomic E-state index is -3.84. The number of imidazole rings is 1. The van der Waals surface area contributed by atoms with Crippen LogP contribution in [0.25, 0.3) is 0 Å². The SMILES string of the molecule is COCCCNS(=O)(=O)c1cnc(C(c2ccc(F)c(Cl)c2)c2ccc(F)c(Cl)c2)[nH]1. The van der Waals surface area contributed by atoms with E-state index in [4.69, 9.17) is 27.9 Å². The van der Waals surface area contributed by atoms with Crippen LogP contribution in [0.15, 0.2) is 47.6 Å². The summed E-state index contributed by atoms with van der Waals surface area (Å²) in [6.45, 7) is 0.602. The molecule has 0 unspecified atom stereocenters. The van der Waals surface area contributed by atoms with Gasteiger partial charge in [0.1, 0.15) is 17.5 Å². The fourth-order valence-electron chi connectivity index (χ4n) is 3.00. The largest absolute Gasteiger partial charge is 0.385 e. The van der Waals surface area contributed by atoms with Gasteiger partial charge in [0.05, 0.1) is 22.2 Å². The highest BCUT2D eigenvalue weighted by molar-refractivity contribution is 7.89. The number of halogens is 4. The third-order valence-electron chi connectivity index (χ3n) is 4.51. The maximum Gasteiger partial charge on any atom is 0.257 e. The van der Waals surface area contributed by atoms with E-state index in [0.29, 0.717) is 24.2 Å². The number of benzene rings is 2. The van der Waals surface area contributed by atoms with Crippen molar-refractivity contribution < 1.29 is 21.9 Å². The van der Waals surface area contributed by atoms with Gasteiger partial charge in [0.15, 0.2) is 5.03 Å². The Hall–Kier alpha value is -2.04. The molecule has 0 bridgehead atoms. The van der Waals surface area contributed by atoms with Crippen LogP contribution in [0.2, 0.25) is 10.0 Å². The Bertz CT molecular complexity index is 1120. The van der Waals surface area contributed by atoms with Gasteiger partial charge in [-0.2, -0.15) is 0 Å². The van der Waals surface area contributed by atoms with Gasteiger partial charge in [0.2, 0.25) is 0 Å². The van der Waals surface area contributed by atoms with Crippen LogP contribution >= 0.6 is 23.2 Å². The van der Waals surface area contributed by atoms with Crippen molar-refractivity contribution >= 4 is 33.2 Å². The zero-order valence-electron chi connectivity index (χ0n) is 16.3. The summed E-state index contributed by atoms with van der Waals surface area (Å²) < 4.78 is 59.8. The zero-order chi connectivity index (χ0) is 22.6. The van der Waals surface area contributed by atoms with E-state index < -0.39 is 27.6 Å². The molecule has 6 nitrogen and oxygen atoms in total. The Kier molecular flexibility index (Phi) is 7.66. The first-order chi connectivity index (χ1) is 14.7. The minimum absolute atomic E-state index is 0.116. The lowest BCUT2D eigenvalue weighted by molar-refractivity contribution is 0.196. The monoisotopic (exact) mass is 489 g/mol. The summed E-state index contributed by atoms with van der Waals surface area (Å²) in [6, 6.07) is 8.16. The summed E-state index contributed by atoms with van der Waals surface area (Å²) in [7, 11) is -2.32. The molecule has 0 radical (unpaired) electrons. The van der Waals surface area contributed by atoms with Gasteiger partial charge in [-0.25, -0.2) is 26.9 Å². The third-order valence-corrected chi connectivity index (χ3v) is 6.46. The molecule has 31 heavy (non-hydrogen) atoms. The van der Waals surface area contributed by atoms with E-state index in [1.807, 2.05) is 0 Å². The Morgan fingerprint density at radius 3 is 2.19 bits per heavy atom. The Labute approximate surface area is 188 Å². The van der Waals surface area contributed by atoms with Crippen LogP contribution in [0, 0.1) is 11.6 Å². The number of hydrogen-bond donors (Lipinski definition) is 2. The van der Waals surface area contributed by atoms with Gasteiger partial charge in [0.25, 0.3) is 10.0 Å². The Morgan fingerprint density at radius 2 is 1.68 bits per heavy atom. The van der Waals surface area contributed by atoms with Crippen LogP contribution in [-0.4, -0.2) is 38.6 Å². The molecule has 0 fully saturated rings. The summed E-state index contributed by atoms with van der Waals surface area (Å²) in [4.78, 5) is 7.00. The number of methoxy groups -OCH3 is 1. The number of aromatic nitrogens is 2. The molecule has 0 aliphatic heterocycles. The minimum Gasteiger partial charge on any atom is -0.385 e. The molecular weight excluding hydrogens is 471 g/mol. The normalized spacial score (nSPS) is 11.9. The van der Waals surface area contributed by atoms with Crippen molar-refractivity contribution in [1.29, 1.82) is 0 Å². The number of sulfonamides is 1. The predicted octanol–water partition coefficient (Wildman–Crippen LogP) is 4.49. The summed E-state index contributed by atoms with van der Waals surface area (Å²) >= 11 is 11.9. The molecule has 166 valence electrons. The van der Waals surface area contributed by atoms with Crippen LogP contribution in [-0.2, 0) is 14.8 Å². The topological polar surface area (TPSA) is 84.1 Å². The van der Waals surface area contributed by atoms with E-state index in [9.17, 15) is 17.2 Å². The molecule has 0 amide bonds. The number of hydrogen-bond acceptors (Lipinski definition) is 4. The second kappa shape index (κ2) is 10.1. The number of nitrogens with zero attached hydrogens (tertiary/aromatic N) is 1. The second-order valence-corrected chi connectivity index (χ2v) is 9.21. The van der Waals surface area contributed by atoms with Crippen molar-refractivity contribution in [2.75, 3.05) is 20.3 Å². The highest BCUT2D eigenvalue weighted by Crippen LogP contribution is 2.34. The highest BCUT2D eigenvalue weighted by Gasteiger charge is 2.25. The second-order valence-electron chi connectivity index (χ2n) is 6.66. The molecule has 2 aromatic carbocycles. The summed E-state index contributed by atoms with van der Waals surface area (Å²) in [5.41, 5.74) is 1.03. The molecular formula is C20H19Cl2F2N3O3S. The van der Waals surface area contributed by atoms with E-state index in [2.05, 4.69) is 14.7 Å². The van der Waals surface area contributed by atoms with E-state index in [-0.39, 0.29) is 27.4 Å². The lowest BCUT2D eigenvalue weighted by Crippen LogP contribution is -2.26. The smallest absolute Gasteiger partial charge is 0.257 e. The van der Waals surface area contributed by atoms with Gasteiger partial charge < -0.3 is 9.72 Å². The maximum atomic E-state index is 13.7. The molecule has 0 aliphatic carbocycles. The van der Waals surface area contributed by atoms with Crippen LogP contribution < -0.4 is 4.72 Å². The lowest BCUT2D eigenvalue weighted by atomic mass is 9.90. The van der Waals surface area contributed by atoms with Crippen molar-refractivity contribution in [3.8, 4) is 0 Å². The average molecular weight is 490 g/mol. The first kappa shape index (κ1) is 23.6. The molecule has 0 saturated heterocycles.